The molecule has 0 fully saturated rings. The fourth-order valence-electron chi connectivity index (χ4n) is 1.23. The van der Waals surface area contributed by atoms with Crippen LogP contribution in [-0.4, -0.2) is 36.9 Å². The highest BCUT2D eigenvalue weighted by atomic mass is 32.2. The van der Waals surface area contributed by atoms with Crippen molar-refractivity contribution >= 4 is 21.5 Å². The van der Waals surface area contributed by atoms with Gasteiger partial charge in [-0.15, -0.1) is 0 Å². The van der Waals surface area contributed by atoms with E-state index in [0.717, 1.165) is 12.3 Å². The number of alkyl halides is 3. The van der Waals surface area contributed by atoms with Gasteiger partial charge in [0.2, 0.25) is 5.82 Å². The minimum Gasteiger partial charge on any atom is -0.384 e. The van der Waals surface area contributed by atoms with Crippen molar-refractivity contribution in [2.75, 3.05) is 29.6 Å². The molecule has 0 saturated heterocycles. The Morgan fingerprint density at radius 3 is 2.53 bits per heavy atom. The normalized spacial score (nSPS) is 12.4. The highest BCUT2D eigenvalue weighted by Gasteiger charge is 2.35. The van der Waals surface area contributed by atoms with Gasteiger partial charge >= 0.3 is 6.18 Å². The average molecular weight is 298 g/mol. The number of hydrogen-bond acceptors (Lipinski definition) is 6. The number of nitrogens with zero attached hydrogens (tertiary/aromatic N) is 2. The number of anilines is 2. The Kier molecular flexibility index (Phi) is 4.56. The van der Waals surface area contributed by atoms with Gasteiger partial charge < -0.3 is 11.1 Å². The molecule has 0 aliphatic carbocycles. The van der Waals surface area contributed by atoms with Gasteiger partial charge in [0.25, 0.3) is 0 Å². The highest BCUT2D eigenvalue weighted by Crippen LogP contribution is 2.27. The Morgan fingerprint density at radius 2 is 2.00 bits per heavy atom. The summed E-state index contributed by atoms with van der Waals surface area (Å²) in [5, 5.41) is 2.58. The van der Waals surface area contributed by atoms with E-state index >= 15 is 0 Å². The first kappa shape index (κ1) is 15.5. The number of nitrogens with two attached hydrogens (primary N) is 1. The molecule has 6 nitrogen and oxygen atoms in total. The van der Waals surface area contributed by atoms with Crippen LogP contribution in [0.5, 0.6) is 0 Å². The monoisotopic (exact) mass is 298 g/mol. The summed E-state index contributed by atoms with van der Waals surface area (Å²) in [6, 6.07) is 1.15. The van der Waals surface area contributed by atoms with Crippen LogP contribution in [0.4, 0.5) is 24.8 Å². The number of halogens is 3. The summed E-state index contributed by atoms with van der Waals surface area (Å²) < 4.78 is 58.9. The number of hydrogen-bond donors (Lipinski definition) is 2. The summed E-state index contributed by atoms with van der Waals surface area (Å²) in [6.07, 6.45) is -3.35. The Bertz CT molecular complexity index is 545. The molecule has 19 heavy (non-hydrogen) atoms. The van der Waals surface area contributed by atoms with Crippen LogP contribution in [0.3, 0.4) is 0 Å². The molecule has 1 aromatic rings. The van der Waals surface area contributed by atoms with Gasteiger partial charge in [0, 0.05) is 18.9 Å². The van der Waals surface area contributed by atoms with E-state index in [0.29, 0.717) is 0 Å². The van der Waals surface area contributed by atoms with Crippen molar-refractivity contribution in [2.45, 2.75) is 12.6 Å². The van der Waals surface area contributed by atoms with Crippen molar-refractivity contribution in [1.82, 2.24) is 9.97 Å². The molecule has 0 radical (unpaired) electrons. The molecule has 0 aliphatic heterocycles. The van der Waals surface area contributed by atoms with Gasteiger partial charge in [-0.1, -0.05) is 0 Å². The third-order valence-electron chi connectivity index (χ3n) is 2.00. The first-order chi connectivity index (χ1) is 8.58. The second-order valence-electron chi connectivity index (χ2n) is 3.91. The van der Waals surface area contributed by atoms with Gasteiger partial charge in [-0.3, -0.25) is 0 Å². The number of aromatic nitrogens is 2. The van der Waals surface area contributed by atoms with Crippen molar-refractivity contribution in [2.24, 2.45) is 0 Å². The minimum atomic E-state index is -4.68. The molecule has 1 heterocycles. The summed E-state index contributed by atoms with van der Waals surface area (Å²) in [5.41, 5.74) is 5.24. The van der Waals surface area contributed by atoms with E-state index in [4.69, 9.17) is 5.73 Å². The molecule has 0 amide bonds. The molecule has 0 aliphatic rings. The quantitative estimate of drug-likeness (QED) is 0.785. The van der Waals surface area contributed by atoms with E-state index in [9.17, 15) is 21.6 Å². The lowest BCUT2D eigenvalue weighted by Crippen LogP contribution is -2.16. The van der Waals surface area contributed by atoms with Gasteiger partial charge in [0.15, 0.2) is 0 Å². The lowest BCUT2D eigenvalue weighted by atomic mass is 10.4. The van der Waals surface area contributed by atoms with Crippen molar-refractivity contribution in [3.63, 3.8) is 0 Å². The van der Waals surface area contributed by atoms with Crippen LogP contribution in [0.2, 0.25) is 0 Å². The zero-order valence-electron chi connectivity index (χ0n) is 10.0. The van der Waals surface area contributed by atoms with Crippen LogP contribution in [0, 0.1) is 0 Å². The molecule has 3 N–H and O–H groups in total. The zero-order valence-corrected chi connectivity index (χ0v) is 10.8. The summed E-state index contributed by atoms with van der Waals surface area (Å²) >= 11 is 0. The Labute approximate surface area is 108 Å². The predicted octanol–water partition coefficient (Wildman–Crippen LogP) is 0.924. The third-order valence-corrected chi connectivity index (χ3v) is 3.03. The fraction of sp³-hybridized carbons (Fsp3) is 0.556. The second kappa shape index (κ2) is 5.59. The van der Waals surface area contributed by atoms with Crippen LogP contribution in [0.1, 0.15) is 12.2 Å². The molecule has 0 spiro atoms. The Hall–Kier alpha value is -1.58. The molecule has 1 rings (SSSR count). The van der Waals surface area contributed by atoms with Crippen LogP contribution in [0.25, 0.3) is 0 Å². The van der Waals surface area contributed by atoms with Crippen molar-refractivity contribution in [1.29, 1.82) is 0 Å². The minimum absolute atomic E-state index is 0.0628. The maximum Gasteiger partial charge on any atom is 0.451 e. The maximum absolute atomic E-state index is 12.4. The maximum atomic E-state index is 12.4. The summed E-state index contributed by atoms with van der Waals surface area (Å²) in [5.74, 6) is -1.80. The predicted molar refractivity (Wildman–Crippen MR) is 64.3 cm³/mol. The SMILES string of the molecule is CS(=O)(=O)CCCNc1cc(N)nc(C(F)(F)F)n1. The van der Waals surface area contributed by atoms with Crippen LogP contribution in [-0.2, 0) is 16.0 Å². The lowest BCUT2D eigenvalue weighted by Gasteiger charge is -2.09. The van der Waals surface area contributed by atoms with Crippen molar-refractivity contribution < 1.29 is 21.6 Å². The summed E-state index contributed by atoms with van der Waals surface area (Å²) in [4.78, 5) is 6.34. The van der Waals surface area contributed by atoms with E-state index < -0.39 is 21.8 Å². The van der Waals surface area contributed by atoms with E-state index in [1.807, 2.05) is 0 Å². The van der Waals surface area contributed by atoms with Crippen LogP contribution >= 0.6 is 0 Å². The van der Waals surface area contributed by atoms with Gasteiger partial charge in [0.1, 0.15) is 21.5 Å². The third kappa shape index (κ3) is 5.73. The number of nitrogens with one attached hydrogen (secondary N) is 1. The molecule has 1 aromatic heterocycles. The van der Waals surface area contributed by atoms with Crippen LogP contribution < -0.4 is 11.1 Å². The molecule has 108 valence electrons. The first-order valence-electron chi connectivity index (χ1n) is 5.21. The number of rotatable bonds is 5. The van der Waals surface area contributed by atoms with E-state index in [1.165, 1.54) is 0 Å². The smallest absolute Gasteiger partial charge is 0.384 e. The highest BCUT2D eigenvalue weighted by molar-refractivity contribution is 7.90. The molecule has 10 heteroatoms. The second-order valence-corrected chi connectivity index (χ2v) is 6.17. The Morgan fingerprint density at radius 1 is 1.37 bits per heavy atom. The zero-order chi connectivity index (χ0) is 14.7. The molecule has 0 aromatic carbocycles. The molecule has 0 atom stereocenters. The molecule has 0 saturated carbocycles. The van der Waals surface area contributed by atoms with E-state index in [2.05, 4.69) is 15.3 Å². The molecule has 0 unspecified atom stereocenters. The standard InChI is InChI=1S/C9H13F3N4O2S/c1-19(17,18)4-2-3-14-7-5-6(13)15-8(16-7)9(10,11)12/h5H,2-4H2,1H3,(H3,13,14,15,16). The van der Waals surface area contributed by atoms with Crippen molar-refractivity contribution in [3.8, 4) is 0 Å². The lowest BCUT2D eigenvalue weighted by molar-refractivity contribution is -0.144. The molecule has 0 bridgehead atoms. The Balaban J connectivity index is 2.67. The largest absolute Gasteiger partial charge is 0.451 e. The topological polar surface area (TPSA) is 98.0 Å². The van der Waals surface area contributed by atoms with E-state index in [1.54, 1.807) is 0 Å². The first-order valence-corrected chi connectivity index (χ1v) is 7.27. The van der Waals surface area contributed by atoms with Crippen LogP contribution in [0.15, 0.2) is 6.07 Å². The van der Waals surface area contributed by atoms with E-state index in [-0.39, 0.29) is 30.4 Å². The summed E-state index contributed by atoms with van der Waals surface area (Å²) in [7, 11) is -3.10. The average Bonchev–Trinajstić information content (AvgIpc) is 2.21. The number of nitrogen functional groups attached to an aromatic ring is 1. The molecular formula is C9H13F3N4O2S. The molecular weight excluding hydrogens is 285 g/mol. The van der Waals surface area contributed by atoms with Gasteiger partial charge in [-0.05, 0) is 6.42 Å². The fourth-order valence-corrected chi connectivity index (χ4v) is 1.90. The van der Waals surface area contributed by atoms with Crippen molar-refractivity contribution in [3.05, 3.63) is 11.9 Å². The summed E-state index contributed by atoms with van der Waals surface area (Å²) in [6.45, 7) is 0.167. The van der Waals surface area contributed by atoms with Gasteiger partial charge in [-0.25, -0.2) is 18.4 Å². The van der Waals surface area contributed by atoms with Gasteiger partial charge in [-0.2, -0.15) is 13.2 Å². The van der Waals surface area contributed by atoms with Gasteiger partial charge in [0.05, 0.1) is 5.75 Å². The number of sulfone groups is 1.